The van der Waals surface area contributed by atoms with Crippen molar-refractivity contribution in [2.75, 3.05) is 5.73 Å². The summed E-state index contributed by atoms with van der Waals surface area (Å²) in [6.45, 7) is 3.91. The molecule has 0 saturated carbocycles. The minimum absolute atomic E-state index is 0.184. The van der Waals surface area contributed by atoms with Crippen molar-refractivity contribution in [3.63, 3.8) is 0 Å². The summed E-state index contributed by atoms with van der Waals surface area (Å²) in [5, 5.41) is 0.184. The molecular weight excluding hydrogens is 262 g/mol. The van der Waals surface area contributed by atoms with Crippen LogP contribution in [-0.2, 0) is 16.6 Å². The van der Waals surface area contributed by atoms with Crippen LogP contribution in [0.2, 0.25) is 0 Å². The molecule has 1 aromatic carbocycles. The fourth-order valence-corrected chi connectivity index (χ4v) is 2.50. The van der Waals surface area contributed by atoms with Crippen molar-refractivity contribution in [2.45, 2.75) is 24.9 Å². The van der Waals surface area contributed by atoms with Crippen molar-refractivity contribution in [3.05, 3.63) is 28.2 Å². The fourth-order valence-electron chi connectivity index (χ4n) is 1.03. The van der Waals surface area contributed by atoms with Gasteiger partial charge in [-0.1, -0.05) is 26.0 Å². The summed E-state index contributed by atoms with van der Waals surface area (Å²) in [4.78, 5) is 0. The molecule has 78 valence electrons. The van der Waals surface area contributed by atoms with E-state index in [1.807, 2.05) is 32.0 Å². The third-order valence-corrected chi connectivity index (χ3v) is 4.55. The quantitative estimate of drug-likeness (QED) is 0.862. The minimum Gasteiger partial charge on any atom is -0.398 e. The van der Waals surface area contributed by atoms with Crippen LogP contribution in [0.1, 0.15) is 19.4 Å². The van der Waals surface area contributed by atoms with Gasteiger partial charge in [-0.15, -0.1) is 0 Å². The van der Waals surface area contributed by atoms with Crippen LogP contribution in [0.4, 0.5) is 5.69 Å². The molecule has 1 unspecified atom stereocenters. The van der Waals surface area contributed by atoms with Crippen molar-refractivity contribution in [1.29, 1.82) is 0 Å². The zero-order valence-electron chi connectivity index (χ0n) is 8.29. The van der Waals surface area contributed by atoms with Gasteiger partial charge in [0.15, 0.2) is 0 Å². The van der Waals surface area contributed by atoms with E-state index in [4.69, 9.17) is 5.73 Å². The van der Waals surface area contributed by atoms with E-state index in [2.05, 4.69) is 15.9 Å². The van der Waals surface area contributed by atoms with Crippen molar-refractivity contribution in [1.82, 2.24) is 0 Å². The molecule has 0 saturated heterocycles. The first-order valence-electron chi connectivity index (χ1n) is 4.42. The van der Waals surface area contributed by atoms with Crippen LogP contribution in [0.15, 0.2) is 22.7 Å². The van der Waals surface area contributed by atoms with Gasteiger partial charge in [0.25, 0.3) is 0 Å². The molecule has 0 heterocycles. The lowest BCUT2D eigenvalue weighted by Crippen LogP contribution is -2.08. The van der Waals surface area contributed by atoms with Crippen LogP contribution in [0.3, 0.4) is 0 Å². The Labute approximate surface area is 95.5 Å². The number of rotatable bonds is 3. The molecule has 0 aliphatic heterocycles. The SMILES string of the molecule is CC(C)S(=O)Cc1cccc(N)c1Br. The minimum atomic E-state index is -0.827. The molecule has 1 rings (SSSR count). The van der Waals surface area contributed by atoms with Crippen LogP contribution < -0.4 is 5.73 Å². The van der Waals surface area contributed by atoms with Crippen LogP contribution in [0.25, 0.3) is 0 Å². The zero-order valence-corrected chi connectivity index (χ0v) is 10.7. The Bertz CT molecular complexity index is 352. The second-order valence-electron chi connectivity index (χ2n) is 3.39. The molecule has 0 aliphatic rings. The number of nitrogen functional groups attached to an aromatic ring is 1. The third kappa shape index (κ3) is 2.82. The Balaban J connectivity index is 2.87. The fraction of sp³-hybridized carbons (Fsp3) is 0.400. The third-order valence-electron chi connectivity index (χ3n) is 1.93. The van der Waals surface area contributed by atoms with Crippen molar-refractivity contribution < 1.29 is 4.21 Å². The zero-order chi connectivity index (χ0) is 10.7. The topological polar surface area (TPSA) is 43.1 Å². The highest BCUT2D eigenvalue weighted by Crippen LogP contribution is 2.25. The molecule has 1 aromatic rings. The molecule has 0 amide bonds. The Kier molecular flexibility index (Phi) is 4.13. The molecule has 2 N–H and O–H groups in total. The lowest BCUT2D eigenvalue weighted by atomic mass is 10.2. The summed E-state index contributed by atoms with van der Waals surface area (Å²) in [6.07, 6.45) is 0. The van der Waals surface area contributed by atoms with Crippen LogP contribution in [-0.4, -0.2) is 9.46 Å². The van der Waals surface area contributed by atoms with E-state index in [0.717, 1.165) is 10.0 Å². The van der Waals surface area contributed by atoms with E-state index < -0.39 is 10.8 Å². The van der Waals surface area contributed by atoms with Gasteiger partial charge in [0, 0.05) is 32.0 Å². The van der Waals surface area contributed by atoms with Crippen molar-refractivity contribution in [3.8, 4) is 0 Å². The highest BCUT2D eigenvalue weighted by molar-refractivity contribution is 9.10. The predicted octanol–water partition coefficient (Wildman–Crippen LogP) is 2.69. The number of halogens is 1. The van der Waals surface area contributed by atoms with Crippen molar-refractivity contribution in [2.24, 2.45) is 0 Å². The summed E-state index contributed by atoms with van der Waals surface area (Å²) >= 11 is 3.40. The molecule has 0 fully saturated rings. The van der Waals surface area contributed by atoms with E-state index >= 15 is 0 Å². The highest BCUT2D eigenvalue weighted by Gasteiger charge is 2.09. The van der Waals surface area contributed by atoms with E-state index in [0.29, 0.717) is 11.4 Å². The van der Waals surface area contributed by atoms with Gasteiger partial charge in [0.1, 0.15) is 0 Å². The smallest absolute Gasteiger partial charge is 0.0500 e. The molecule has 0 aromatic heterocycles. The van der Waals surface area contributed by atoms with Gasteiger partial charge in [0.05, 0.1) is 0 Å². The molecule has 1 atom stereocenters. The van der Waals surface area contributed by atoms with Gasteiger partial charge in [-0.3, -0.25) is 4.21 Å². The maximum absolute atomic E-state index is 11.6. The Morgan fingerprint density at radius 1 is 1.50 bits per heavy atom. The molecular formula is C10H14BrNOS. The lowest BCUT2D eigenvalue weighted by molar-refractivity contribution is 0.676. The van der Waals surface area contributed by atoms with E-state index in [9.17, 15) is 4.21 Å². The van der Waals surface area contributed by atoms with Crippen LogP contribution >= 0.6 is 15.9 Å². The first kappa shape index (κ1) is 11.7. The summed E-state index contributed by atoms with van der Waals surface area (Å²) in [7, 11) is -0.827. The average molecular weight is 276 g/mol. The summed E-state index contributed by atoms with van der Waals surface area (Å²) in [5.74, 6) is 0.559. The number of nitrogens with two attached hydrogens (primary N) is 1. The average Bonchev–Trinajstić information content (AvgIpc) is 2.12. The van der Waals surface area contributed by atoms with Crippen LogP contribution in [0.5, 0.6) is 0 Å². The number of benzene rings is 1. The van der Waals surface area contributed by atoms with Crippen molar-refractivity contribution >= 4 is 32.4 Å². The van der Waals surface area contributed by atoms with Crippen LogP contribution in [0, 0.1) is 0 Å². The van der Waals surface area contributed by atoms with Gasteiger partial charge in [-0.05, 0) is 27.6 Å². The largest absolute Gasteiger partial charge is 0.398 e. The van der Waals surface area contributed by atoms with Gasteiger partial charge < -0.3 is 5.73 Å². The van der Waals surface area contributed by atoms with Gasteiger partial charge in [-0.2, -0.15) is 0 Å². The number of anilines is 1. The second kappa shape index (κ2) is 4.94. The molecule has 4 heteroatoms. The monoisotopic (exact) mass is 275 g/mol. The van der Waals surface area contributed by atoms with E-state index in [1.165, 1.54) is 0 Å². The van der Waals surface area contributed by atoms with Gasteiger partial charge >= 0.3 is 0 Å². The molecule has 14 heavy (non-hydrogen) atoms. The number of hydrogen-bond acceptors (Lipinski definition) is 2. The highest BCUT2D eigenvalue weighted by atomic mass is 79.9. The van der Waals surface area contributed by atoms with Gasteiger partial charge in [-0.25, -0.2) is 0 Å². The first-order chi connectivity index (χ1) is 6.52. The maximum Gasteiger partial charge on any atom is 0.0500 e. The molecule has 0 radical (unpaired) electrons. The standard InChI is InChI=1S/C10H14BrNOS/c1-7(2)14(13)6-8-4-3-5-9(12)10(8)11/h3-5,7H,6,12H2,1-2H3. The Hall–Kier alpha value is -0.350. The lowest BCUT2D eigenvalue weighted by Gasteiger charge is -2.08. The summed E-state index contributed by atoms with van der Waals surface area (Å²) in [6, 6.07) is 5.65. The van der Waals surface area contributed by atoms with Gasteiger partial charge in [0.2, 0.25) is 0 Å². The maximum atomic E-state index is 11.6. The molecule has 0 spiro atoms. The summed E-state index contributed by atoms with van der Waals surface area (Å²) < 4.78 is 12.5. The van der Waals surface area contributed by atoms with E-state index in [-0.39, 0.29) is 5.25 Å². The first-order valence-corrected chi connectivity index (χ1v) is 6.60. The molecule has 0 bridgehead atoms. The summed E-state index contributed by atoms with van der Waals surface area (Å²) in [5.41, 5.74) is 7.44. The second-order valence-corrected chi connectivity index (χ2v) is 6.18. The number of hydrogen-bond donors (Lipinski definition) is 1. The van der Waals surface area contributed by atoms with E-state index in [1.54, 1.807) is 0 Å². The normalized spacial score (nSPS) is 13.1. The molecule has 0 aliphatic carbocycles. The molecule has 2 nitrogen and oxygen atoms in total. The Morgan fingerprint density at radius 3 is 2.71 bits per heavy atom. The predicted molar refractivity (Wildman–Crippen MR) is 65.5 cm³/mol. The Morgan fingerprint density at radius 2 is 2.14 bits per heavy atom.